The molecule has 0 bridgehead atoms. The molecule has 1 aromatic carbocycles. The molecule has 0 atom stereocenters. The summed E-state index contributed by atoms with van der Waals surface area (Å²) in [6.45, 7) is 11.3. The van der Waals surface area contributed by atoms with Crippen LogP contribution >= 0.6 is 24.0 Å². The van der Waals surface area contributed by atoms with Gasteiger partial charge in [-0.25, -0.2) is 4.99 Å². The molecule has 0 unspecified atom stereocenters. The molecule has 150 valence electrons. The lowest BCUT2D eigenvalue weighted by Crippen LogP contribution is -2.40. The fraction of sp³-hybridized carbons (Fsp3) is 0.500. The molecule has 6 nitrogen and oxygen atoms in total. The zero-order valence-electron chi connectivity index (χ0n) is 16.7. The summed E-state index contributed by atoms with van der Waals surface area (Å²) in [5.41, 5.74) is 2.01. The van der Waals surface area contributed by atoms with Gasteiger partial charge in [0.2, 0.25) is 5.91 Å². The van der Waals surface area contributed by atoms with Gasteiger partial charge < -0.3 is 20.0 Å². The number of nitrogens with one attached hydrogen (secondary N) is 2. The molecule has 0 saturated carbocycles. The monoisotopic (exact) mass is 486 g/mol. The Morgan fingerprint density at radius 3 is 2.48 bits per heavy atom. The summed E-state index contributed by atoms with van der Waals surface area (Å²) in [7, 11) is 0. The second-order valence-corrected chi connectivity index (χ2v) is 6.08. The molecular formula is C20H31IN4O2. The van der Waals surface area contributed by atoms with Crippen LogP contribution in [0.2, 0.25) is 0 Å². The first-order chi connectivity index (χ1) is 12.6. The van der Waals surface area contributed by atoms with Gasteiger partial charge in [-0.2, -0.15) is 0 Å². The van der Waals surface area contributed by atoms with Gasteiger partial charge >= 0.3 is 0 Å². The zero-order valence-corrected chi connectivity index (χ0v) is 19.0. The molecule has 1 amide bonds. The number of hydrogen-bond acceptors (Lipinski definition) is 3. The molecule has 0 radical (unpaired) electrons. The third-order valence-corrected chi connectivity index (χ3v) is 4.41. The van der Waals surface area contributed by atoms with Crippen LogP contribution in [0.1, 0.15) is 38.5 Å². The molecule has 0 aliphatic carbocycles. The summed E-state index contributed by atoms with van der Waals surface area (Å²) in [6, 6.07) is 8.01. The van der Waals surface area contributed by atoms with E-state index in [1.54, 1.807) is 0 Å². The van der Waals surface area contributed by atoms with Gasteiger partial charge in [-0.05, 0) is 33.8 Å². The average molecular weight is 486 g/mol. The maximum Gasteiger partial charge on any atom is 0.224 e. The summed E-state index contributed by atoms with van der Waals surface area (Å²) >= 11 is 0. The summed E-state index contributed by atoms with van der Waals surface area (Å²) in [4.78, 5) is 18.5. The molecule has 1 aromatic heterocycles. The Kier molecular flexibility index (Phi) is 10.2. The van der Waals surface area contributed by atoms with Crippen LogP contribution in [-0.2, 0) is 11.3 Å². The van der Waals surface area contributed by atoms with E-state index in [0.29, 0.717) is 25.5 Å². The second kappa shape index (κ2) is 11.8. The number of para-hydroxylation sites is 1. The number of amides is 1. The minimum absolute atomic E-state index is 0. The number of hydrogen-bond donors (Lipinski definition) is 2. The lowest BCUT2D eigenvalue weighted by molar-refractivity contribution is -0.130. The van der Waals surface area contributed by atoms with Crippen molar-refractivity contribution >= 4 is 46.8 Å². The number of carbonyl (C=O) groups is 1. The molecule has 0 saturated heterocycles. The maximum absolute atomic E-state index is 12.1. The van der Waals surface area contributed by atoms with Gasteiger partial charge in [0.25, 0.3) is 0 Å². The normalized spacial score (nSPS) is 11.2. The van der Waals surface area contributed by atoms with Crippen molar-refractivity contribution < 1.29 is 9.21 Å². The van der Waals surface area contributed by atoms with Gasteiger partial charge in [0, 0.05) is 43.5 Å². The number of fused-ring (bicyclic) bond motifs is 1. The van der Waals surface area contributed by atoms with Gasteiger partial charge in [0.1, 0.15) is 17.9 Å². The van der Waals surface area contributed by atoms with Gasteiger partial charge in [-0.1, -0.05) is 18.2 Å². The van der Waals surface area contributed by atoms with E-state index >= 15 is 0 Å². The van der Waals surface area contributed by atoms with Crippen LogP contribution in [0, 0.1) is 6.92 Å². The Labute approximate surface area is 178 Å². The molecule has 0 fully saturated rings. The van der Waals surface area contributed by atoms with Crippen LogP contribution < -0.4 is 10.6 Å². The molecule has 2 rings (SSSR count). The Hall–Kier alpha value is -1.77. The number of carbonyl (C=O) groups excluding carboxylic acids is 1. The molecule has 2 N–H and O–H groups in total. The van der Waals surface area contributed by atoms with Crippen molar-refractivity contribution in [3.8, 4) is 0 Å². The molecule has 2 aromatic rings. The fourth-order valence-corrected chi connectivity index (χ4v) is 2.89. The predicted molar refractivity (Wildman–Crippen MR) is 122 cm³/mol. The SMILES string of the molecule is CCNC(=NCc1oc2ccccc2c1C)NCCC(=O)N(CC)CC.I. The first-order valence-corrected chi connectivity index (χ1v) is 9.37. The van der Waals surface area contributed by atoms with E-state index in [0.717, 1.165) is 41.9 Å². The smallest absolute Gasteiger partial charge is 0.224 e. The first-order valence-electron chi connectivity index (χ1n) is 9.37. The average Bonchev–Trinajstić information content (AvgIpc) is 2.97. The predicted octanol–water partition coefficient (Wildman–Crippen LogP) is 3.67. The molecule has 7 heteroatoms. The van der Waals surface area contributed by atoms with Crippen molar-refractivity contribution in [3.63, 3.8) is 0 Å². The lowest BCUT2D eigenvalue weighted by Gasteiger charge is -2.19. The van der Waals surface area contributed by atoms with Crippen molar-refractivity contribution in [2.24, 2.45) is 4.99 Å². The van der Waals surface area contributed by atoms with Crippen molar-refractivity contribution in [2.75, 3.05) is 26.2 Å². The van der Waals surface area contributed by atoms with E-state index in [1.165, 1.54) is 0 Å². The van der Waals surface area contributed by atoms with E-state index in [4.69, 9.17) is 4.42 Å². The van der Waals surface area contributed by atoms with Crippen LogP contribution in [0.3, 0.4) is 0 Å². The van der Waals surface area contributed by atoms with Crippen LogP contribution in [-0.4, -0.2) is 42.9 Å². The highest BCUT2D eigenvalue weighted by atomic mass is 127. The number of halogens is 1. The number of rotatable bonds is 8. The number of aliphatic imine (C=N–C) groups is 1. The molecular weight excluding hydrogens is 455 g/mol. The summed E-state index contributed by atoms with van der Waals surface area (Å²) in [5, 5.41) is 7.56. The molecule has 0 aliphatic heterocycles. The second-order valence-electron chi connectivity index (χ2n) is 6.08. The lowest BCUT2D eigenvalue weighted by atomic mass is 10.1. The Bertz CT molecular complexity index is 754. The third-order valence-electron chi connectivity index (χ3n) is 4.41. The van der Waals surface area contributed by atoms with Crippen molar-refractivity contribution in [1.29, 1.82) is 0 Å². The number of furan rings is 1. The quantitative estimate of drug-likeness (QED) is 0.340. The van der Waals surface area contributed by atoms with E-state index in [-0.39, 0.29) is 29.9 Å². The topological polar surface area (TPSA) is 69.9 Å². The van der Waals surface area contributed by atoms with Crippen LogP contribution in [0.5, 0.6) is 0 Å². The maximum atomic E-state index is 12.1. The highest BCUT2D eigenvalue weighted by Gasteiger charge is 2.11. The minimum atomic E-state index is 0. The van der Waals surface area contributed by atoms with Crippen LogP contribution in [0.25, 0.3) is 11.0 Å². The Morgan fingerprint density at radius 2 is 1.85 bits per heavy atom. The highest BCUT2D eigenvalue weighted by molar-refractivity contribution is 14.0. The highest BCUT2D eigenvalue weighted by Crippen LogP contribution is 2.25. The van der Waals surface area contributed by atoms with Gasteiger partial charge in [0.05, 0.1) is 0 Å². The van der Waals surface area contributed by atoms with Crippen molar-refractivity contribution in [3.05, 3.63) is 35.6 Å². The molecule has 0 aliphatic rings. The molecule has 27 heavy (non-hydrogen) atoms. The summed E-state index contributed by atoms with van der Waals surface area (Å²) < 4.78 is 5.91. The van der Waals surface area contributed by atoms with Gasteiger partial charge in [0.15, 0.2) is 5.96 Å². The minimum Gasteiger partial charge on any atom is -0.459 e. The Morgan fingerprint density at radius 1 is 1.15 bits per heavy atom. The van der Waals surface area contributed by atoms with E-state index in [2.05, 4.69) is 28.6 Å². The fourth-order valence-electron chi connectivity index (χ4n) is 2.89. The van der Waals surface area contributed by atoms with Crippen molar-refractivity contribution in [1.82, 2.24) is 15.5 Å². The Balaban J connectivity index is 0.00000364. The number of benzene rings is 1. The number of aryl methyl sites for hydroxylation is 1. The molecule has 1 heterocycles. The first kappa shape index (κ1) is 23.3. The number of guanidine groups is 1. The zero-order chi connectivity index (χ0) is 18.9. The largest absolute Gasteiger partial charge is 0.459 e. The standard InChI is InChI=1S/C20H30N4O2.HI/c1-5-21-20(22-13-12-19(25)24(6-2)7-3)23-14-18-15(4)16-10-8-9-11-17(16)26-18;/h8-11H,5-7,12-14H2,1-4H3,(H2,21,22,23);1H. The van der Waals surface area contributed by atoms with E-state index in [9.17, 15) is 4.79 Å². The van der Waals surface area contributed by atoms with E-state index < -0.39 is 0 Å². The summed E-state index contributed by atoms with van der Waals surface area (Å²) in [5.74, 6) is 1.72. The van der Waals surface area contributed by atoms with Crippen molar-refractivity contribution in [2.45, 2.75) is 40.7 Å². The third kappa shape index (κ3) is 6.41. The number of nitrogens with zero attached hydrogens (tertiary/aromatic N) is 2. The van der Waals surface area contributed by atoms with Crippen LogP contribution in [0.4, 0.5) is 0 Å². The van der Waals surface area contributed by atoms with E-state index in [1.807, 2.05) is 43.9 Å². The van der Waals surface area contributed by atoms with Gasteiger partial charge in [-0.15, -0.1) is 24.0 Å². The van der Waals surface area contributed by atoms with Crippen LogP contribution in [0.15, 0.2) is 33.7 Å². The van der Waals surface area contributed by atoms with Gasteiger partial charge in [-0.3, -0.25) is 4.79 Å². The summed E-state index contributed by atoms with van der Waals surface area (Å²) in [6.07, 6.45) is 0.454. The molecule has 0 spiro atoms.